The van der Waals surface area contributed by atoms with Gasteiger partial charge in [-0.25, -0.2) is 4.79 Å². The van der Waals surface area contributed by atoms with Crippen LogP contribution in [0.2, 0.25) is 0 Å². The Hall–Kier alpha value is -1.06. The third-order valence-electron chi connectivity index (χ3n) is 3.95. The third kappa shape index (κ3) is 10.6. The summed E-state index contributed by atoms with van der Waals surface area (Å²) in [6, 6.07) is -0.531. The van der Waals surface area contributed by atoms with Gasteiger partial charge in [0.25, 0.3) is 0 Å². The van der Waals surface area contributed by atoms with E-state index in [1.54, 1.807) is 0 Å². The van der Waals surface area contributed by atoms with E-state index < -0.39 is 6.04 Å². The van der Waals surface area contributed by atoms with Crippen LogP contribution in [0, 0.1) is 5.92 Å². The summed E-state index contributed by atoms with van der Waals surface area (Å²) in [6.07, 6.45) is 11.6. The average molecular weight is 313 g/mol. The molecule has 4 heteroatoms. The Morgan fingerprint density at radius 1 is 0.909 bits per heavy atom. The highest BCUT2D eigenvalue weighted by atomic mass is 16.5. The summed E-state index contributed by atoms with van der Waals surface area (Å²) in [5.74, 6) is -0.373. The molecule has 130 valence electrons. The molecule has 0 saturated carbocycles. The maximum absolute atomic E-state index is 11.9. The zero-order valence-corrected chi connectivity index (χ0v) is 15.0. The molecule has 22 heavy (non-hydrogen) atoms. The number of carbonyl (C=O) groups is 2. The van der Waals surface area contributed by atoms with E-state index in [9.17, 15) is 9.59 Å². The van der Waals surface area contributed by atoms with Crippen molar-refractivity contribution in [3.8, 4) is 0 Å². The molecule has 0 aromatic heterocycles. The minimum atomic E-state index is -0.531. The monoisotopic (exact) mass is 313 g/mol. The average Bonchev–Trinajstić information content (AvgIpc) is 2.50. The van der Waals surface area contributed by atoms with Crippen LogP contribution in [0.1, 0.15) is 85.0 Å². The van der Waals surface area contributed by atoms with E-state index in [1.807, 2.05) is 13.8 Å². The van der Waals surface area contributed by atoms with E-state index >= 15 is 0 Å². The predicted molar refractivity (Wildman–Crippen MR) is 90.6 cm³/mol. The number of esters is 1. The number of unbranched alkanes of at least 4 members (excludes halogenated alkanes) is 8. The molecule has 1 N–H and O–H groups in total. The number of amides is 1. The predicted octanol–water partition coefficient (Wildman–Crippen LogP) is 4.22. The Labute approximate surface area is 136 Å². The Kier molecular flexibility index (Phi) is 12.9. The lowest BCUT2D eigenvalue weighted by molar-refractivity contribution is -0.146. The molecule has 0 radical (unpaired) electrons. The van der Waals surface area contributed by atoms with Gasteiger partial charge in [-0.05, 0) is 12.3 Å². The van der Waals surface area contributed by atoms with Crippen molar-refractivity contribution in [2.75, 3.05) is 7.11 Å². The molecule has 0 aromatic carbocycles. The van der Waals surface area contributed by atoms with Gasteiger partial charge in [0, 0.05) is 6.42 Å². The lowest BCUT2D eigenvalue weighted by Crippen LogP contribution is -2.44. The third-order valence-corrected chi connectivity index (χ3v) is 3.95. The smallest absolute Gasteiger partial charge is 0.328 e. The van der Waals surface area contributed by atoms with Gasteiger partial charge in [0.05, 0.1) is 7.11 Å². The van der Waals surface area contributed by atoms with Gasteiger partial charge in [-0.15, -0.1) is 0 Å². The highest BCUT2D eigenvalue weighted by Gasteiger charge is 2.24. The molecule has 4 nitrogen and oxygen atoms in total. The highest BCUT2D eigenvalue weighted by Crippen LogP contribution is 2.11. The van der Waals surface area contributed by atoms with Crippen LogP contribution in [-0.2, 0) is 14.3 Å². The number of hydrogen-bond acceptors (Lipinski definition) is 3. The number of nitrogens with one attached hydrogen (secondary N) is 1. The van der Waals surface area contributed by atoms with Crippen LogP contribution in [-0.4, -0.2) is 25.0 Å². The molecule has 1 amide bonds. The lowest BCUT2D eigenvalue weighted by Gasteiger charge is -2.19. The van der Waals surface area contributed by atoms with Crippen molar-refractivity contribution in [1.29, 1.82) is 0 Å². The maximum atomic E-state index is 11.9. The van der Waals surface area contributed by atoms with Crippen molar-refractivity contribution in [2.24, 2.45) is 5.92 Å². The fourth-order valence-electron chi connectivity index (χ4n) is 2.47. The molecular weight excluding hydrogens is 278 g/mol. The second kappa shape index (κ2) is 13.6. The first-order chi connectivity index (χ1) is 10.5. The largest absolute Gasteiger partial charge is 0.467 e. The summed E-state index contributed by atoms with van der Waals surface area (Å²) >= 11 is 0. The van der Waals surface area contributed by atoms with Gasteiger partial charge < -0.3 is 10.1 Å². The van der Waals surface area contributed by atoms with Crippen LogP contribution in [0.15, 0.2) is 0 Å². The molecule has 0 unspecified atom stereocenters. The fourth-order valence-corrected chi connectivity index (χ4v) is 2.47. The molecule has 0 fully saturated rings. The van der Waals surface area contributed by atoms with Gasteiger partial charge in [0.1, 0.15) is 6.04 Å². The Balaban J connectivity index is 3.66. The number of methoxy groups -OCH3 is 1. The molecule has 1 atom stereocenters. The second-order valence-electron chi connectivity index (χ2n) is 6.39. The maximum Gasteiger partial charge on any atom is 0.328 e. The molecule has 0 rings (SSSR count). The Bertz CT molecular complexity index is 303. The summed E-state index contributed by atoms with van der Waals surface area (Å²) in [4.78, 5) is 23.4. The second-order valence-corrected chi connectivity index (χ2v) is 6.39. The first-order valence-electron chi connectivity index (χ1n) is 8.90. The Morgan fingerprint density at radius 3 is 1.86 bits per heavy atom. The fraction of sp³-hybridized carbons (Fsp3) is 0.889. The molecule has 0 spiro atoms. The minimum absolute atomic E-state index is 0.0412. The van der Waals surface area contributed by atoms with Crippen molar-refractivity contribution in [3.05, 3.63) is 0 Å². The van der Waals surface area contributed by atoms with Crippen molar-refractivity contribution < 1.29 is 14.3 Å². The van der Waals surface area contributed by atoms with Gasteiger partial charge >= 0.3 is 5.97 Å². The van der Waals surface area contributed by atoms with Crippen LogP contribution in [0.5, 0.6) is 0 Å². The van der Waals surface area contributed by atoms with Gasteiger partial charge in [-0.3, -0.25) is 4.79 Å². The zero-order chi connectivity index (χ0) is 16.8. The Morgan fingerprint density at radius 2 is 1.41 bits per heavy atom. The summed E-state index contributed by atoms with van der Waals surface area (Å²) in [5.41, 5.74) is 0. The number of ether oxygens (including phenoxy) is 1. The van der Waals surface area contributed by atoms with Crippen molar-refractivity contribution in [2.45, 2.75) is 91.0 Å². The first-order valence-corrected chi connectivity index (χ1v) is 8.90. The quantitative estimate of drug-likeness (QED) is 0.409. The molecular formula is C18H35NO3. The van der Waals surface area contributed by atoms with Crippen LogP contribution in [0.4, 0.5) is 0 Å². The lowest BCUT2D eigenvalue weighted by atomic mass is 10.0. The summed E-state index contributed by atoms with van der Waals surface area (Å²) in [5, 5.41) is 2.78. The van der Waals surface area contributed by atoms with E-state index in [2.05, 4.69) is 12.2 Å². The zero-order valence-electron chi connectivity index (χ0n) is 15.0. The van der Waals surface area contributed by atoms with E-state index in [0.717, 1.165) is 12.8 Å². The van der Waals surface area contributed by atoms with Gasteiger partial charge in [-0.2, -0.15) is 0 Å². The van der Waals surface area contributed by atoms with Crippen LogP contribution in [0.3, 0.4) is 0 Å². The van der Waals surface area contributed by atoms with Gasteiger partial charge in [0.2, 0.25) is 5.91 Å². The first kappa shape index (κ1) is 20.9. The topological polar surface area (TPSA) is 55.4 Å². The van der Waals surface area contributed by atoms with Gasteiger partial charge in [-0.1, -0.05) is 72.1 Å². The summed E-state index contributed by atoms with van der Waals surface area (Å²) in [7, 11) is 1.35. The SMILES string of the molecule is CCCCCCCCCCCC(=O)N[C@H](C(=O)OC)C(C)C. The molecule has 0 bridgehead atoms. The van der Waals surface area contributed by atoms with E-state index in [4.69, 9.17) is 4.74 Å². The van der Waals surface area contributed by atoms with Crippen LogP contribution in [0.25, 0.3) is 0 Å². The number of carbonyl (C=O) groups excluding carboxylic acids is 2. The van der Waals surface area contributed by atoms with Crippen molar-refractivity contribution in [1.82, 2.24) is 5.32 Å². The summed E-state index contributed by atoms with van der Waals surface area (Å²) < 4.78 is 4.72. The van der Waals surface area contributed by atoms with Crippen molar-refractivity contribution in [3.63, 3.8) is 0 Å². The van der Waals surface area contributed by atoms with Gasteiger partial charge in [0.15, 0.2) is 0 Å². The molecule has 0 heterocycles. The molecule has 0 aromatic rings. The summed E-state index contributed by atoms with van der Waals surface area (Å²) in [6.45, 7) is 6.04. The molecule has 0 aliphatic rings. The minimum Gasteiger partial charge on any atom is -0.467 e. The highest BCUT2D eigenvalue weighted by molar-refractivity contribution is 5.84. The normalized spacial score (nSPS) is 12.2. The van der Waals surface area contributed by atoms with Crippen molar-refractivity contribution >= 4 is 11.9 Å². The van der Waals surface area contributed by atoms with E-state index in [1.165, 1.54) is 52.1 Å². The molecule has 0 aliphatic carbocycles. The van der Waals surface area contributed by atoms with E-state index in [-0.39, 0.29) is 17.8 Å². The number of hydrogen-bond donors (Lipinski definition) is 1. The van der Waals surface area contributed by atoms with E-state index in [0.29, 0.717) is 6.42 Å². The van der Waals surface area contributed by atoms with Crippen LogP contribution < -0.4 is 5.32 Å². The number of rotatable bonds is 13. The van der Waals surface area contributed by atoms with Crippen LogP contribution >= 0.6 is 0 Å². The molecule has 0 aliphatic heterocycles. The molecule has 0 saturated heterocycles. The standard InChI is InChI=1S/C18H35NO3/c1-5-6-7-8-9-10-11-12-13-14-16(20)19-17(15(2)3)18(21)22-4/h15,17H,5-14H2,1-4H3,(H,19,20)/t17-/m0/s1.